The van der Waals surface area contributed by atoms with Crippen molar-refractivity contribution in [1.82, 2.24) is 0 Å². The van der Waals surface area contributed by atoms with Gasteiger partial charge in [-0.25, -0.2) is 0 Å². The predicted octanol–water partition coefficient (Wildman–Crippen LogP) is -2.04. The average Bonchev–Trinajstić information content (AvgIpc) is 0.918. The summed E-state index contributed by atoms with van der Waals surface area (Å²) in [6.07, 6.45) is 1.00. The maximum absolute atomic E-state index is 3.49. The molecule has 0 fully saturated rings. The Hall–Kier alpha value is 1.35. The van der Waals surface area contributed by atoms with E-state index in [0.717, 1.165) is 6.42 Å². The van der Waals surface area contributed by atoms with Crippen LogP contribution in [0.25, 0.3) is 0 Å². The van der Waals surface area contributed by atoms with Gasteiger partial charge in [0.2, 0.25) is 0 Å². The van der Waals surface area contributed by atoms with Crippen molar-refractivity contribution in [2.45, 2.75) is 13.3 Å². The van der Waals surface area contributed by atoms with Crippen LogP contribution in [-0.4, -0.2) is 0 Å². The van der Waals surface area contributed by atoms with Crippen molar-refractivity contribution in [3.8, 4) is 0 Å². The van der Waals surface area contributed by atoms with Gasteiger partial charge in [0.05, 0.1) is 0 Å². The molecule has 0 nitrogen and oxygen atoms in total. The van der Waals surface area contributed by atoms with Crippen LogP contribution in [0.4, 0.5) is 0 Å². The molecule has 28 valence electrons. The van der Waals surface area contributed by atoms with E-state index in [9.17, 15) is 0 Å². The van der Waals surface area contributed by atoms with E-state index in [4.69, 9.17) is 0 Å². The first kappa shape index (κ1) is 16.2. The van der Waals surface area contributed by atoms with Crippen LogP contribution in [-0.2, 0) is 13.5 Å². The number of thiol groups is 1. The molecular formula is C3H8NaS-. The second-order valence-corrected chi connectivity index (χ2v) is 0.500. The Kier molecular flexibility index (Phi) is 59.4. The molecule has 0 atom stereocenters. The molecule has 0 aromatic carbocycles. The molecule has 0 saturated heterocycles. The van der Waals surface area contributed by atoms with E-state index in [2.05, 4.69) is 6.92 Å². The topological polar surface area (TPSA) is 0 Å². The van der Waals surface area contributed by atoms with Gasteiger partial charge in [-0.1, -0.05) is 6.92 Å². The molecule has 0 aliphatic heterocycles. The molecule has 0 aromatic rings. The first-order valence-electron chi connectivity index (χ1n) is 1.21. The fraction of sp³-hybridized carbons (Fsp3) is 0.667. The van der Waals surface area contributed by atoms with Gasteiger partial charge in [-0.2, -0.15) is 6.42 Å². The quantitative estimate of drug-likeness (QED) is 0.146. The number of hydrogen-bond acceptors (Lipinski definition) is 1. The van der Waals surface area contributed by atoms with Gasteiger partial charge in [-0.3, -0.25) is 0 Å². The summed E-state index contributed by atoms with van der Waals surface area (Å²) in [6, 6.07) is 0. The van der Waals surface area contributed by atoms with E-state index in [0.29, 0.717) is 0 Å². The standard InChI is InChI=1S/C3H7.Na.H2S/c1-3-2;;/h1,3H2,2H3;;1H2/q-1;+1;/p-1. The smallest absolute Gasteiger partial charge is 0.813 e. The van der Waals surface area contributed by atoms with Gasteiger partial charge in [0.1, 0.15) is 0 Å². The zero-order valence-corrected chi connectivity index (χ0v) is 6.76. The average molecular weight is 99.2 g/mol. The third-order valence-corrected chi connectivity index (χ3v) is 0. The Balaban J connectivity index is -0.0000000200. The van der Waals surface area contributed by atoms with Crippen LogP contribution in [0.2, 0.25) is 0 Å². The Labute approximate surface area is 63.1 Å². The van der Waals surface area contributed by atoms with Crippen LogP contribution >= 0.6 is 0 Å². The molecule has 2 heteroatoms. The van der Waals surface area contributed by atoms with Gasteiger partial charge in [-0.15, -0.1) is 0 Å². The zero-order chi connectivity index (χ0) is 2.71. The van der Waals surface area contributed by atoms with Crippen molar-refractivity contribution in [2.75, 3.05) is 0 Å². The van der Waals surface area contributed by atoms with Crippen LogP contribution in [0, 0.1) is 6.92 Å². The molecule has 0 aromatic heterocycles. The summed E-state index contributed by atoms with van der Waals surface area (Å²) in [4.78, 5) is 0. The molecule has 0 spiro atoms. The fourth-order valence-electron chi connectivity index (χ4n) is 0. The van der Waals surface area contributed by atoms with E-state index in [1.165, 1.54) is 0 Å². The summed E-state index contributed by atoms with van der Waals surface area (Å²) in [5.41, 5.74) is 0. The van der Waals surface area contributed by atoms with Crippen LogP contribution in [0.15, 0.2) is 0 Å². The molecule has 0 saturated carbocycles. The largest absolute Gasteiger partial charge is 1.00 e. The monoisotopic (exact) mass is 99.0 g/mol. The van der Waals surface area contributed by atoms with E-state index >= 15 is 0 Å². The van der Waals surface area contributed by atoms with E-state index in [1.807, 2.05) is 6.92 Å². The third kappa shape index (κ3) is 32.9. The summed E-state index contributed by atoms with van der Waals surface area (Å²) in [6.45, 7) is 5.50. The van der Waals surface area contributed by atoms with E-state index < -0.39 is 0 Å². The molecule has 0 unspecified atom stereocenters. The van der Waals surface area contributed by atoms with Crippen molar-refractivity contribution in [1.29, 1.82) is 0 Å². The predicted molar refractivity (Wildman–Crippen MR) is 24.4 cm³/mol. The maximum atomic E-state index is 3.49. The SMILES string of the molecule is [CH2-]CC.[Na+].[SH-]. The van der Waals surface area contributed by atoms with Crippen molar-refractivity contribution >= 4 is 13.5 Å². The van der Waals surface area contributed by atoms with Gasteiger partial charge in [0, 0.05) is 0 Å². The van der Waals surface area contributed by atoms with Crippen molar-refractivity contribution < 1.29 is 29.6 Å². The minimum Gasteiger partial charge on any atom is -0.813 e. The molecule has 0 aliphatic carbocycles. The molecule has 0 radical (unpaired) electrons. The van der Waals surface area contributed by atoms with Crippen molar-refractivity contribution in [3.05, 3.63) is 6.92 Å². The molecular weight excluding hydrogens is 91.1 g/mol. The minimum atomic E-state index is 0. The zero-order valence-electron chi connectivity index (χ0n) is 3.86. The summed E-state index contributed by atoms with van der Waals surface area (Å²) >= 11 is 0. The van der Waals surface area contributed by atoms with Gasteiger partial charge >= 0.3 is 29.6 Å². The molecule has 0 amide bonds. The van der Waals surface area contributed by atoms with Crippen LogP contribution in [0.5, 0.6) is 0 Å². The molecule has 0 rings (SSSR count). The van der Waals surface area contributed by atoms with Crippen LogP contribution in [0.3, 0.4) is 0 Å². The Morgan fingerprint density at radius 1 is 1.60 bits per heavy atom. The van der Waals surface area contributed by atoms with Gasteiger partial charge < -0.3 is 20.4 Å². The minimum absolute atomic E-state index is 0. The second kappa shape index (κ2) is 18.3. The van der Waals surface area contributed by atoms with E-state index in [-0.39, 0.29) is 43.1 Å². The van der Waals surface area contributed by atoms with Crippen molar-refractivity contribution in [3.63, 3.8) is 0 Å². The molecule has 0 heterocycles. The normalized spacial score (nSPS) is 3.60. The Bertz CT molecular complexity index is 6.85. The Morgan fingerprint density at radius 2 is 1.60 bits per heavy atom. The first-order valence-corrected chi connectivity index (χ1v) is 1.21. The van der Waals surface area contributed by atoms with E-state index in [1.54, 1.807) is 0 Å². The molecule has 0 aliphatic rings. The third-order valence-electron chi connectivity index (χ3n) is 0. The molecule has 0 bridgehead atoms. The van der Waals surface area contributed by atoms with Gasteiger partial charge in [0.25, 0.3) is 0 Å². The second-order valence-electron chi connectivity index (χ2n) is 0.500. The summed E-state index contributed by atoms with van der Waals surface area (Å²) in [5, 5.41) is 0. The van der Waals surface area contributed by atoms with Crippen LogP contribution < -0.4 is 29.6 Å². The van der Waals surface area contributed by atoms with Gasteiger partial charge in [0.15, 0.2) is 0 Å². The fourth-order valence-corrected chi connectivity index (χ4v) is 0. The molecule has 5 heavy (non-hydrogen) atoms. The van der Waals surface area contributed by atoms with Crippen molar-refractivity contribution in [2.24, 2.45) is 0 Å². The Morgan fingerprint density at radius 3 is 1.60 bits per heavy atom. The molecule has 0 N–H and O–H groups in total. The maximum Gasteiger partial charge on any atom is 1.00 e. The summed E-state index contributed by atoms with van der Waals surface area (Å²) < 4.78 is 0. The van der Waals surface area contributed by atoms with Gasteiger partial charge in [-0.05, 0) is 0 Å². The van der Waals surface area contributed by atoms with Crippen LogP contribution in [0.1, 0.15) is 13.3 Å². The summed E-state index contributed by atoms with van der Waals surface area (Å²) in [5.74, 6) is 0. The number of rotatable bonds is 0. The first-order chi connectivity index (χ1) is 1.41. The number of hydrogen-bond donors (Lipinski definition) is 0. The summed E-state index contributed by atoms with van der Waals surface area (Å²) in [7, 11) is 0.